The van der Waals surface area contributed by atoms with Crippen molar-refractivity contribution in [3.05, 3.63) is 60.3 Å². The van der Waals surface area contributed by atoms with Crippen molar-refractivity contribution in [2.45, 2.75) is 18.9 Å². The lowest BCUT2D eigenvalue weighted by Crippen LogP contribution is -2.42. The lowest BCUT2D eigenvalue weighted by atomic mass is 10.1. The zero-order valence-electron chi connectivity index (χ0n) is 24.9. The number of amides is 1. The van der Waals surface area contributed by atoms with Crippen LogP contribution in [0.4, 0.5) is 28.8 Å². The van der Waals surface area contributed by atoms with Gasteiger partial charge in [-0.1, -0.05) is 30.3 Å². The highest BCUT2D eigenvalue weighted by atomic mass is 35.5. The fourth-order valence-corrected chi connectivity index (χ4v) is 6.02. The number of hydrogen-bond acceptors (Lipinski definition) is 10. The molecule has 1 fully saturated rings. The maximum atomic E-state index is 12.8. The number of carbonyl (C=O) groups is 1. The van der Waals surface area contributed by atoms with Crippen LogP contribution in [0.25, 0.3) is 0 Å². The van der Waals surface area contributed by atoms with Gasteiger partial charge in [0.25, 0.3) is 0 Å². The molecule has 3 aromatic rings. The Kier molecular flexibility index (Phi) is 11.0. The second-order valence-corrected chi connectivity index (χ2v) is 14.0. The van der Waals surface area contributed by atoms with Gasteiger partial charge in [-0.25, -0.2) is 4.98 Å². The number of halogens is 1. The number of ether oxygens (including phenoxy) is 3. The van der Waals surface area contributed by atoms with Crippen molar-refractivity contribution in [1.29, 1.82) is 0 Å². The summed E-state index contributed by atoms with van der Waals surface area (Å²) in [6.45, 7) is 10.2. The standard InChI is InChI=1S/C30H38ClN6O5P/c1-6-28(38)33-24-16-23(25(41-3)17-26(24)42-20-10-9-13-37(19-20)14-15-40-2)35-30-32-18-21(31)29(36-30)34-22-11-7-8-12-27(22)43(4,5)39/h6-8,11-12,16-18,20H,1,9-10,13-15,19H2,2-5H3,(H,33,38)(H2,32,34,35,36). The maximum absolute atomic E-state index is 12.8. The van der Waals surface area contributed by atoms with Crippen molar-refractivity contribution in [2.24, 2.45) is 0 Å². The van der Waals surface area contributed by atoms with Crippen molar-refractivity contribution in [2.75, 3.05) is 69.7 Å². The molecule has 1 aliphatic rings. The van der Waals surface area contributed by atoms with Gasteiger partial charge in [0.15, 0.2) is 5.82 Å². The Morgan fingerprint density at radius 2 is 1.95 bits per heavy atom. The van der Waals surface area contributed by atoms with E-state index >= 15 is 0 Å². The van der Waals surface area contributed by atoms with Crippen LogP contribution in [0.5, 0.6) is 11.5 Å². The Morgan fingerprint density at radius 1 is 1.16 bits per heavy atom. The Labute approximate surface area is 257 Å². The largest absolute Gasteiger partial charge is 0.494 e. The average Bonchev–Trinajstić information content (AvgIpc) is 2.98. The first-order valence-electron chi connectivity index (χ1n) is 13.9. The van der Waals surface area contributed by atoms with Crippen LogP contribution < -0.4 is 30.7 Å². The summed E-state index contributed by atoms with van der Waals surface area (Å²) < 4.78 is 30.2. The van der Waals surface area contributed by atoms with Gasteiger partial charge in [-0.2, -0.15) is 4.98 Å². The summed E-state index contributed by atoms with van der Waals surface area (Å²) in [5.41, 5.74) is 1.56. The number of piperidine rings is 1. The van der Waals surface area contributed by atoms with E-state index in [0.29, 0.717) is 46.3 Å². The first-order valence-corrected chi connectivity index (χ1v) is 16.8. The molecule has 0 saturated carbocycles. The van der Waals surface area contributed by atoms with Crippen molar-refractivity contribution in [1.82, 2.24) is 14.9 Å². The van der Waals surface area contributed by atoms with Crippen LogP contribution in [0.15, 0.2) is 55.3 Å². The van der Waals surface area contributed by atoms with E-state index in [1.807, 2.05) is 24.3 Å². The minimum atomic E-state index is -2.58. The molecule has 0 spiro atoms. The molecule has 43 heavy (non-hydrogen) atoms. The van der Waals surface area contributed by atoms with Gasteiger partial charge in [-0.05, 0) is 57.0 Å². The average molecular weight is 629 g/mol. The molecule has 1 saturated heterocycles. The smallest absolute Gasteiger partial charge is 0.247 e. The number of anilines is 5. The number of likely N-dealkylation sites (tertiary alicyclic amines) is 1. The summed E-state index contributed by atoms with van der Waals surface area (Å²) in [5, 5.41) is 10.1. The molecule has 3 N–H and O–H groups in total. The predicted octanol–water partition coefficient (Wildman–Crippen LogP) is 5.49. The molecule has 1 unspecified atom stereocenters. The van der Waals surface area contributed by atoms with Gasteiger partial charge in [-0.15, -0.1) is 0 Å². The molecule has 230 valence electrons. The third kappa shape index (κ3) is 8.70. The Morgan fingerprint density at radius 3 is 2.67 bits per heavy atom. The minimum absolute atomic E-state index is 0.0776. The molecule has 0 aliphatic carbocycles. The molecule has 1 amide bonds. The number of hydrogen-bond donors (Lipinski definition) is 3. The van der Waals surface area contributed by atoms with Crippen LogP contribution in [0.2, 0.25) is 5.02 Å². The minimum Gasteiger partial charge on any atom is -0.494 e. The quantitative estimate of drug-likeness (QED) is 0.165. The number of para-hydroxylation sites is 1. The second-order valence-electron chi connectivity index (χ2n) is 10.4. The molecule has 1 aromatic heterocycles. The summed E-state index contributed by atoms with van der Waals surface area (Å²) in [4.78, 5) is 23.5. The zero-order chi connectivity index (χ0) is 31.0. The molecule has 4 rings (SSSR count). The van der Waals surface area contributed by atoms with Crippen LogP contribution in [0.1, 0.15) is 12.8 Å². The molecule has 0 radical (unpaired) electrons. The van der Waals surface area contributed by atoms with Gasteiger partial charge in [0.2, 0.25) is 11.9 Å². The van der Waals surface area contributed by atoms with Gasteiger partial charge in [-0.3, -0.25) is 9.69 Å². The van der Waals surface area contributed by atoms with E-state index in [0.717, 1.165) is 32.5 Å². The molecular formula is C30H38ClN6O5P. The zero-order valence-corrected chi connectivity index (χ0v) is 26.5. The van der Waals surface area contributed by atoms with E-state index in [2.05, 4.69) is 37.4 Å². The summed E-state index contributed by atoms with van der Waals surface area (Å²) in [7, 11) is 0.657. The second kappa shape index (κ2) is 14.7. The van der Waals surface area contributed by atoms with Gasteiger partial charge < -0.3 is 34.7 Å². The van der Waals surface area contributed by atoms with E-state index in [-0.39, 0.29) is 23.0 Å². The highest BCUT2D eigenvalue weighted by Crippen LogP contribution is 2.40. The summed E-state index contributed by atoms with van der Waals surface area (Å²) in [6, 6.07) is 10.7. The van der Waals surface area contributed by atoms with Crippen molar-refractivity contribution in [3.8, 4) is 11.5 Å². The Bertz CT molecular complexity index is 1500. The molecule has 2 aromatic carbocycles. The number of nitrogens with zero attached hydrogens (tertiary/aromatic N) is 3. The van der Waals surface area contributed by atoms with E-state index in [1.54, 1.807) is 39.7 Å². The summed E-state index contributed by atoms with van der Waals surface area (Å²) in [5.74, 6) is 1.08. The van der Waals surface area contributed by atoms with Crippen molar-refractivity contribution < 1.29 is 23.6 Å². The lowest BCUT2D eigenvalue weighted by Gasteiger charge is -2.33. The topological polar surface area (TPSA) is 127 Å². The molecule has 1 aliphatic heterocycles. The fraction of sp³-hybridized carbons (Fsp3) is 0.367. The van der Waals surface area contributed by atoms with E-state index in [1.165, 1.54) is 12.3 Å². The Hall–Kier alpha value is -3.63. The predicted molar refractivity (Wildman–Crippen MR) is 173 cm³/mol. The first kappa shape index (κ1) is 32.3. The highest BCUT2D eigenvalue weighted by Gasteiger charge is 2.24. The molecular weight excluding hydrogens is 591 g/mol. The van der Waals surface area contributed by atoms with Gasteiger partial charge >= 0.3 is 0 Å². The van der Waals surface area contributed by atoms with Crippen LogP contribution in [-0.2, 0) is 14.1 Å². The van der Waals surface area contributed by atoms with Crippen LogP contribution in [0, 0.1) is 0 Å². The summed E-state index contributed by atoms with van der Waals surface area (Å²) in [6.07, 6.45) is 4.44. The third-order valence-corrected chi connectivity index (χ3v) is 8.67. The molecule has 0 bridgehead atoms. The normalized spacial score (nSPS) is 15.4. The highest BCUT2D eigenvalue weighted by molar-refractivity contribution is 7.70. The monoisotopic (exact) mass is 628 g/mol. The SMILES string of the molecule is C=CC(=O)Nc1cc(Nc2ncc(Cl)c(Nc3ccccc3P(C)(C)=O)n2)c(OC)cc1OC1CCCN(CCOC)C1. The third-order valence-electron chi connectivity index (χ3n) is 6.84. The van der Waals surface area contributed by atoms with Crippen molar-refractivity contribution in [3.63, 3.8) is 0 Å². The fourth-order valence-electron chi connectivity index (χ4n) is 4.73. The number of nitrogens with one attached hydrogen (secondary N) is 3. The van der Waals surface area contributed by atoms with E-state index in [4.69, 9.17) is 25.8 Å². The number of benzene rings is 2. The van der Waals surface area contributed by atoms with E-state index < -0.39 is 7.14 Å². The maximum Gasteiger partial charge on any atom is 0.247 e. The van der Waals surface area contributed by atoms with E-state index in [9.17, 15) is 9.36 Å². The molecule has 1 atom stereocenters. The van der Waals surface area contributed by atoms with Crippen LogP contribution >= 0.6 is 18.7 Å². The first-order chi connectivity index (χ1) is 20.6. The Balaban J connectivity index is 1.62. The van der Waals surface area contributed by atoms with Gasteiger partial charge in [0.05, 0.1) is 37.0 Å². The number of carbonyl (C=O) groups excluding carboxylic acids is 1. The van der Waals surface area contributed by atoms with Crippen LogP contribution in [0.3, 0.4) is 0 Å². The summed E-state index contributed by atoms with van der Waals surface area (Å²) >= 11 is 6.43. The lowest BCUT2D eigenvalue weighted by molar-refractivity contribution is -0.111. The van der Waals surface area contributed by atoms with Crippen LogP contribution in [-0.4, -0.2) is 80.7 Å². The molecule has 11 nitrogen and oxygen atoms in total. The number of methoxy groups -OCH3 is 2. The number of aromatic nitrogens is 2. The van der Waals surface area contributed by atoms with Gasteiger partial charge in [0, 0.05) is 31.6 Å². The molecule has 2 heterocycles. The van der Waals surface area contributed by atoms with Crippen molar-refractivity contribution >= 4 is 58.8 Å². The molecule has 13 heteroatoms. The number of rotatable bonds is 13. The van der Waals surface area contributed by atoms with Gasteiger partial charge in [0.1, 0.15) is 29.8 Å².